The van der Waals surface area contributed by atoms with E-state index in [2.05, 4.69) is 21.3 Å². The van der Waals surface area contributed by atoms with Crippen LogP contribution in [0.15, 0.2) is 78.2 Å². The molecule has 1 fully saturated rings. The molecule has 2 atom stereocenters. The Hall–Kier alpha value is -3.58. The number of halogens is 2. The van der Waals surface area contributed by atoms with Gasteiger partial charge in [-0.25, -0.2) is 13.4 Å². The zero-order chi connectivity index (χ0) is 32.4. The van der Waals surface area contributed by atoms with Crippen molar-refractivity contribution < 1.29 is 17.9 Å². The minimum Gasteiger partial charge on any atom is -0.372 e. The van der Waals surface area contributed by atoms with E-state index in [4.69, 9.17) is 32.9 Å². The van der Waals surface area contributed by atoms with Crippen LogP contribution < -0.4 is 5.32 Å². The number of aryl methyl sites for hydroxylation is 1. The summed E-state index contributed by atoms with van der Waals surface area (Å²) in [6.45, 7) is 3.73. The van der Waals surface area contributed by atoms with Gasteiger partial charge in [0, 0.05) is 56.1 Å². The number of fused-ring (bicyclic) bond motifs is 2. The summed E-state index contributed by atoms with van der Waals surface area (Å²) in [6, 6.07) is 15.0. The molecule has 0 bridgehead atoms. The van der Waals surface area contributed by atoms with Gasteiger partial charge >= 0.3 is 0 Å². The van der Waals surface area contributed by atoms with E-state index in [-0.39, 0.29) is 23.5 Å². The number of ether oxygens (including phenoxy) is 1. The lowest BCUT2D eigenvalue weighted by molar-refractivity contribution is -0.125. The van der Waals surface area contributed by atoms with Gasteiger partial charge in [-0.2, -0.15) is 4.31 Å². The number of rotatable bonds is 9. The molecule has 1 aliphatic carbocycles. The maximum Gasteiger partial charge on any atom is 0.246 e. The Balaban J connectivity index is 1.40. The van der Waals surface area contributed by atoms with Crippen LogP contribution in [0.5, 0.6) is 0 Å². The highest BCUT2D eigenvalue weighted by Crippen LogP contribution is 2.44. The number of piperazine rings is 1. The molecule has 240 valence electrons. The quantitative estimate of drug-likeness (QED) is 0.266. The minimum absolute atomic E-state index is 0.0789. The van der Waals surface area contributed by atoms with Crippen LogP contribution in [0.1, 0.15) is 47.1 Å². The maximum absolute atomic E-state index is 13.5. The third kappa shape index (κ3) is 6.48. The Morgan fingerprint density at radius 2 is 1.80 bits per heavy atom. The van der Waals surface area contributed by atoms with Crippen LogP contribution >= 0.6 is 23.2 Å². The molecule has 0 radical (unpaired) electrons. The first kappa shape index (κ1) is 32.4. The largest absolute Gasteiger partial charge is 0.372 e. The van der Waals surface area contributed by atoms with Crippen molar-refractivity contribution in [3.63, 3.8) is 0 Å². The molecular weight excluding hydrogens is 647 g/mol. The number of benzene rings is 2. The molecule has 4 aromatic rings. The summed E-state index contributed by atoms with van der Waals surface area (Å²) in [5.74, 6) is -0.261. The molecule has 1 saturated heterocycles. The van der Waals surface area contributed by atoms with Gasteiger partial charge in [0.1, 0.15) is 6.61 Å². The summed E-state index contributed by atoms with van der Waals surface area (Å²) < 4.78 is 35.7. The van der Waals surface area contributed by atoms with Gasteiger partial charge in [0.2, 0.25) is 15.9 Å². The summed E-state index contributed by atoms with van der Waals surface area (Å²) in [5, 5.41) is 4.20. The fourth-order valence-electron chi connectivity index (χ4n) is 6.11. The van der Waals surface area contributed by atoms with Gasteiger partial charge in [0.15, 0.2) is 0 Å². The number of aromatic nitrogens is 3. The van der Waals surface area contributed by atoms with Gasteiger partial charge in [0.25, 0.3) is 0 Å². The second kappa shape index (κ2) is 13.6. The number of hydrogen-bond donors (Lipinski definition) is 1. The number of carbonyl (C=O) groups excluding carboxylic acids is 1. The number of carbonyl (C=O) groups is 1. The average Bonchev–Trinajstić information content (AvgIpc) is 3.42. The van der Waals surface area contributed by atoms with Crippen molar-refractivity contribution in [2.24, 2.45) is 7.05 Å². The molecule has 0 saturated carbocycles. The van der Waals surface area contributed by atoms with Crippen LogP contribution in [-0.4, -0.2) is 77.5 Å². The van der Waals surface area contributed by atoms with Gasteiger partial charge in [-0.3, -0.25) is 14.7 Å². The number of amides is 1. The Labute approximate surface area is 278 Å². The molecule has 10 nitrogen and oxygen atoms in total. The molecule has 2 aliphatic rings. The predicted octanol–water partition coefficient (Wildman–Crippen LogP) is 4.97. The Kier molecular flexibility index (Phi) is 9.60. The summed E-state index contributed by atoms with van der Waals surface area (Å²) in [4.78, 5) is 24.8. The summed E-state index contributed by atoms with van der Waals surface area (Å²) >= 11 is 12.7. The SMILES string of the molecule is CCOCC(=O)NC(C1=Cc2cccnc2C(N2CCN(S(=O)(=O)c3ccc(Cl)cc3)CC2)c2ccc(Cl)cc21)c1cncn1C. The topological polar surface area (TPSA) is 110 Å². The van der Waals surface area contributed by atoms with E-state index in [1.165, 1.54) is 16.4 Å². The molecule has 46 heavy (non-hydrogen) atoms. The molecule has 2 aromatic carbocycles. The minimum atomic E-state index is -3.69. The van der Waals surface area contributed by atoms with E-state index in [9.17, 15) is 13.2 Å². The van der Waals surface area contributed by atoms with Crippen molar-refractivity contribution >= 4 is 50.8 Å². The predicted molar refractivity (Wildman–Crippen MR) is 178 cm³/mol. The molecule has 1 aliphatic heterocycles. The van der Waals surface area contributed by atoms with E-state index < -0.39 is 16.1 Å². The zero-order valence-corrected chi connectivity index (χ0v) is 27.8. The molecule has 1 N–H and O–H groups in total. The highest BCUT2D eigenvalue weighted by molar-refractivity contribution is 7.89. The Morgan fingerprint density at radius 3 is 2.50 bits per heavy atom. The monoisotopic (exact) mass is 680 g/mol. The molecule has 2 aromatic heterocycles. The smallest absolute Gasteiger partial charge is 0.246 e. The van der Waals surface area contributed by atoms with Crippen LogP contribution in [0, 0.1) is 0 Å². The standard InChI is InChI=1S/C33H34Cl2N6O4S/c1-3-45-20-30(42)38-32(29-19-36-21-39(29)2)28-17-22-5-4-12-37-31(22)33(26-11-8-24(35)18-27(26)28)40-13-15-41(16-14-40)46(43,44)25-9-6-23(34)7-10-25/h4-12,17-19,21,32-33H,3,13-16,20H2,1-2H3,(H,38,42). The molecular formula is C33H34Cl2N6O4S. The van der Waals surface area contributed by atoms with Gasteiger partial charge in [-0.05, 0) is 77.7 Å². The number of sulfonamides is 1. The maximum atomic E-state index is 13.5. The van der Waals surface area contributed by atoms with E-state index in [1.54, 1.807) is 30.9 Å². The van der Waals surface area contributed by atoms with Crippen LogP contribution in [0.3, 0.4) is 0 Å². The summed E-state index contributed by atoms with van der Waals surface area (Å²) in [7, 11) is -1.80. The van der Waals surface area contributed by atoms with Crippen molar-refractivity contribution in [1.29, 1.82) is 0 Å². The lowest BCUT2D eigenvalue weighted by atomic mass is 9.89. The number of hydrogen-bond acceptors (Lipinski definition) is 7. The lowest BCUT2D eigenvalue weighted by Gasteiger charge is -2.39. The molecule has 0 spiro atoms. The van der Waals surface area contributed by atoms with Crippen molar-refractivity contribution in [3.05, 3.63) is 111 Å². The number of pyridine rings is 1. The molecule has 2 unspecified atom stereocenters. The van der Waals surface area contributed by atoms with Crippen LogP contribution in [0.2, 0.25) is 10.0 Å². The normalized spacial score (nSPS) is 17.8. The molecule has 3 heterocycles. The second-order valence-corrected chi connectivity index (χ2v) is 14.0. The number of nitrogens with one attached hydrogen (secondary N) is 1. The zero-order valence-electron chi connectivity index (χ0n) is 25.4. The molecule has 1 amide bonds. The van der Waals surface area contributed by atoms with E-state index in [0.717, 1.165) is 33.7 Å². The fourth-order valence-corrected chi connectivity index (χ4v) is 7.83. The summed E-state index contributed by atoms with van der Waals surface area (Å²) in [6.07, 6.45) is 7.26. The number of nitrogens with zero attached hydrogens (tertiary/aromatic N) is 5. The third-order valence-corrected chi connectivity index (χ3v) is 10.8. The van der Waals surface area contributed by atoms with Gasteiger partial charge < -0.3 is 14.6 Å². The van der Waals surface area contributed by atoms with Crippen molar-refractivity contribution in [1.82, 2.24) is 29.1 Å². The molecule has 13 heteroatoms. The fraction of sp³-hybridized carbons (Fsp3) is 0.303. The van der Waals surface area contributed by atoms with Crippen molar-refractivity contribution in [2.75, 3.05) is 39.4 Å². The Morgan fingerprint density at radius 1 is 1.07 bits per heavy atom. The first-order chi connectivity index (χ1) is 22.2. The number of imidazole rings is 1. The van der Waals surface area contributed by atoms with Gasteiger partial charge in [0.05, 0.1) is 40.9 Å². The Bertz CT molecular complexity index is 1870. The first-order valence-corrected chi connectivity index (χ1v) is 17.2. The highest BCUT2D eigenvalue weighted by atomic mass is 35.5. The average molecular weight is 682 g/mol. The highest BCUT2D eigenvalue weighted by Gasteiger charge is 2.37. The summed E-state index contributed by atoms with van der Waals surface area (Å²) in [5.41, 5.74) is 5.14. The second-order valence-electron chi connectivity index (χ2n) is 11.2. The van der Waals surface area contributed by atoms with Crippen LogP contribution in [-0.2, 0) is 26.6 Å². The lowest BCUT2D eigenvalue weighted by Crippen LogP contribution is -2.50. The van der Waals surface area contributed by atoms with Gasteiger partial charge in [-0.1, -0.05) is 35.3 Å². The molecule has 6 rings (SSSR count). The van der Waals surface area contributed by atoms with E-state index in [0.29, 0.717) is 42.8 Å². The first-order valence-electron chi connectivity index (χ1n) is 15.0. The van der Waals surface area contributed by atoms with Crippen molar-refractivity contribution in [2.45, 2.75) is 23.9 Å². The van der Waals surface area contributed by atoms with Gasteiger partial charge in [-0.15, -0.1) is 0 Å². The van der Waals surface area contributed by atoms with E-state index >= 15 is 0 Å². The van der Waals surface area contributed by atoms with E-state index in [1.807, 2.05) is 48.9 Å². The van der Waals surface area contributed by atoms with Crippen molar-refractivity contribution in [3.8, 4) is 0 Å². The van der Waals surface area contributed by atoms with Crippen LogP contribution in [0.25, 0.3) is 11.6 Å². The third-order valence-electron chi connectivity index (χ3n) is 8.36. The van der Waals surface area contributed by atoms with Crippen LogP contribution in [0.4, 0.5) is 0 Å².